The van der Waals surface area contributed by atoms with E-state index in [1.165, 1.54) is 109 Å². The van der Waals surface area contributed by atoms with Gasteiger partial charge in [-0.1, -0.05) is 213 Å². The van der Waals surface area contributed by atoms with E-state index in [4.69, 9.17) is 18.5 Å². The van der Waals surface area contributed by atoms with E-state index in [1.807, 2.05) is 21.1 Å². The summed E-state index contributed by atoms with van der Waals surface area (Å²) in [6.07, 6.45) is 72.8. The average molecular weight is 982 g/mol. The Morgan fingerprint density at radius 2 is 0.841 bits per heavy atom. The number of rotatable bonds is 50. The predicted molar refractivity (Wildman–Crippen MR) is 295 cm³/mol. The molecule has 0 saturated carbocycles. The minimum Gasteiger partial charge on any atom is -0.756 e. The minimum atomic E-state index is -4.56. The van der Waals surface area contributed by atoms with Crippen LogP contribution < -0.4 is 4.89 Å². The highest BCUT2D eigenvalue weighted by atomic mass is 31.2. The lowest BCUT2D eigenvalue weighted by Crippen LogP contribution is -2.37. The van der Waals surface area contributed by atoms with Crippen LogP contribution in [0.3, 0.4) is 0 Å². The van der Waals surface area contributed by atoms with E-state index in [-0.39, 0.29) is 26.2 Å². The van der Waals surface area contributed by atoms with E-state index in [0.717, 1.165) is 70.6 Å². The fourth-order valence-corrected chi connectivity index (χ4v) is 7.82. The number of hydrogen-bond donors (Lipinski definition) is 0. The summed E-state index contributed by atoms with van der Waals surface area (Å²) in [6, 6.07) is 0. The number of phosphoric acid groups is 1. The summed E-state index contributed by atoms with van der Waals surface area (Å²) in [7, 11) is 1.30. The Bertz CT molecular complexity index is 1470. The molecule has 0 heterocycles. The van der Waals surface area contributed by atoms with Crippen molar-refractivity contribution >= 4 is 13.8 Å². The van der Waals surface area contributed by atoms with Crippen LogP contribution in [0.5, 0.6) is 0 Å². The van der Waals surface area contributed by atoms with Gasteiger partial charge in [0.15, 0.2) is 0 Å². The standard InChI is InChI=1S/C60H104NO7P/c1-6-8-10-12-14-16-18-20-22-24-26-28-30-32-34-36-38-40-42-44-46-48-50-52-55-65-57-59(58-67-69(63,64)66-56-54-61(3,4)5)68-60(62)53-51-49-47-45-43-41-39-37-35-33-31-29-27-25-23-21-19-17-15-13-11-9-7-2/h9,11,15,17-18,20-21,23-24,26-27,29,33,35,39,41,45,47,59H,6-8,10,12-14,16,19,22,25,28,30-32,34,36-38,40,42-44,46,48-58H2,1-5H3/b11-9-,17-15-,20-18-,23-21-,26-24-,29-27-,35-33-,41-39-,47-45-. The third-order valence-corrected chi connectivity index (χ3v) is 12.3. The van der Waals surface area contributed by atoms with Crippen molar-refractivity contribution in [2.24, 2.45) is 0 Å². The number of phosphoric ester groups is 1. The van der Waals surface area contributed by atoms with Crippen LogP contribution in [0.2, 0.25) is 0 Å². The second-order valence-electron chi connectivity index (χ2n) is 19.2. The molecule has 9 heteroatoms. The Kier molecular flexibility index (Phi) is 49.4. The molecule has 0 N–H and O–H groups in total. The summed E-state index contributed by atoms with van der Waals surface area (Å²) in [5.74, 6) is -0.394. The van der Waals surface area contributed by atoms with Gasteiger partial charge in [0.25, 0.3) is 7.82 Å². The number of ether oxygens (including phenoxy) is 2. The molecule has 2 unspecified atom stereocenters. The number of carbonyl (C=O) groups is 1. The molecule has 396 valence electrons. The fraction of sp³-hybridized carbons (Fsp3) is 0.683. The molecule has 2 atom stereocenters. The number of hydrogen-bond acceptors (Lipinski definition) is 7. The van der Waals surface area contributed by atoms with Crippen LogP contribution >= 0.6 is 7.82 Å². The van der Waals surface area contributed by atoms with Crippen LogP contribution in [-0.4, -0.2) is 70.7 Å². The van der Waals surface area contributed by atoms with Crippen molar-refractivity contribution in [3.8, 4) is 0 Å². The molecule has 8 nitrogen and oxygen atoms in total. The van der Waals surface area contributed by atoms with Gasteiger partial charge in [0.05, 0.1) is 34.4 Å². The molecule has 0 aliphatic carbocycles. The summed E-state index contributed by atoms with van der Waals surface area (Å²) in [6.45, 7) is 5.20. The molecule has 0 spiro atoms. The van der Waals surface area contributed by atoms with Gasteiger partial charge in [0.1, 0.15) is 19.3 Å². The molecular formula is C60H104NO7P. The van der Waals surface area contributed by atoms with E-state index in [2.05, 4.69) is 123 Å². The lowest BCUT2D eigenvalue weighted by atomic mass is 10.0. The van der Waals surface area contributed by atoms with Crippen molar-refractivity contribution in [2.75, 3.05) is 54.1 Å². The van der Waals surface area contributed by atoms with Crippen molar-refractivity contribution in [3.63, 3.8) is 0 Å². The monoisotopic (exact) mass is 982 g/mol. The Morgan fingerprint density at radius 1 is 0.464 bits per heavy atom. The molecule has 0 aliphatic rings. The predicted octanol–water partition coefficient (Wildman–Crippen LogP) is 16.9. The zero-order valence-corrected chi connectivity index (χ0v) is 45.9. The Labute approximate surface area is 425 Å². The SMILES string of the molecule is CC/C=C\C/C=C\C/C=C\C/C=C\C/C=C\C/C=C\C/C=C\CCCC(=O)OC(COCCCCCCCCCCCCCC/C=C\C/C=C\CCCCCCC)COP(=O)([O-])OCC[N+](C)(C)C. The van der Waals surface area contributed by atoms with Crippen molar-refractivity contribution < 1.29 is 37.3 Å². The molecule has 0 rings (SSSR count). The summed E-state index contributed by atoms with van der Waals surface area (Å²) >= 11 is 0. The van der Waals surface area contributed by atoms with Gasteiger partial charge in [0.2, 0.25) is 0 Å². The zero-order valence-electron chi connectivity index (χ0n) is 45.0. The highest BCUT2D eigenvalue weighted by Crippen LogP contribution is 2.38. The first kappa shape index (κ1) is 66.2. The van der Waals surface area contributed by atoms with Crippen LogP contribution in [-0.2, 0) is 27.9 Å². The van der Waals surface area contributed by atoms with Crippen molar-refractivity contribution in [1.82, 2.24) is 0 Å². The lowest BCUT2D eigenvalue weighted by Gasteiger charge is -2.28. The Balaban J connectivity index is 4.23. The lowest BCUT2D eigenvalue weighted by molar-refractivity contribution is -0.870. The van der Waals surface area contributed by atoms with Crippen molar-refractivity contribution in [3.05, 3.63) is 109 Å². The molecule has 0 aromatic carbocycles. The highest BCUT2D eigenvalue weighted by Gasteiger charge is 2.20. The van der Waals surface area contributed by atoms with E-state index < -0.39 is 19.9 Å². The van der Waals surface area contributed by atoms with Gasteiger partial charge in [-0.15, -0.1) is 0 Å². The smallest absolute Gasteiger partial charge is 0.306 e. The minimum absolute atomic E-state index is 0.00907. The quantitative estimate of drug-likeness (QED) is 0.0197. The van der Waals surface area contributed by atoms with Crippen LogP contribution in [0.1, 0.15) is 206 Å². The largest absolute Gasteiger partial charge is 0.756 e. The molecule has 0 radical (unpaired) electrons. The van der Waals surface area contributed by atoms with Crippen LogP contribution in [0.25, 0.3) is 0 Å². The van der Waals surface area contributed by atoms with Gasteiger partial charge in [-0.05, 0) is 96.3 Å². The number of quaternary nitrogens is 1. The fourth-order valence-electron chi connectivity index (χ4n) is 7.10. The molecule has 0 aromatic rings. The second kappa shape index (κ2) is 51.5. The van der Waals surface area contributed by atoms with E-state index in [9.17, 15) is 14.3 Å². The van der Waals surface area contributed by atoms with Crippen LogP contribution in [0, 0.1) is 0 Å². The number of nitrogens with zero attached hydrogens (tertiary/aromatic N) is 1. The first-order valence-electron chi connectivity index (χ1n) is 27.6. The van der Waals surface area contributed by atoms with Gasteiger partial charge >= 0.3 is 5.97 Å². The van der Waals surface area contributed by atoms with Crippen molar-refractivity contribution in [2.45, 2.75) is 213 Å². The molecule has 69 heavy (non-hydrogen) atoms. The van der Waals surface area contributed by atoms with Gasteiger partial charge in [-0.2, -0.15) is 0 Å². The third kappa shape index (κ3) is 56.0. The van der Waals surface area contributed by atoms with Gasteiger partial charge in [0, 0.05) is 13.0 Å². The maximum Gasteiger partial charge on any atom is 0.306 e. The van der Waals surface area contributed by atoms with Gasteiger partial charge < -0.3 is 27.9 Å². The summed E-state index contributed by atoms with van der Waals surface area (Å²) in [4.78, 5) is 25.2. The number of esters is 1. The summed E-state index contributed by atoms with van der Waals surface area (Å²) < 4.78 is 34.7. The number of carbonyl (C=O) groups excluding carboxylic acids is 1. The highest BCUT2D eigenvalue weighted by molar-refractivity contribution is 7.45. The van der Waals surface area contributed by atoms with Gasteiger partial charge in [-0.25, -0.2) is 0 Å². The van der Waals surface area contributed by atoms with Crippen molar-refractivity contribution in [1.29, 1.82) is 0 Å². The maximum atomic E-state index is 12.8. The molecule has 0 bridgehead atoms. The zero-order chi connectivity index (χ0) is 50.5. The Hall–Kier alpha value is -2.84. The van der Waals surface area contributed by atoms with E-state index >= 15 is 0 Å². The molecule has 0 aromatic heterocycles. The molecular weight excluding hydrogens is 878 g/mol. The molecule has 0 aliphatic heterocycles. The second-order valence-corrected chi connectivity index (χ2v) is 20.6. The first-order chi connectivity index (χ1) is 33.6. The first-order valence-corrected chi connectivity index (χ1v) is 29.1. The molecule has 0 amide bonds. The van der Waals surface area contributed by atoms with E-state index in [1.54, 1.807) is 0 Å². The third-order valence-electron chi connectivity index (χ3n) is 11.3. The van der Waals surface area contributed by atoms with Gasteiger partial charge in [-0.3, -0.25) is 9.36 Å². The summed E-state index contributed by atoms with van der Waals surface area (Å²) in [5, 5.41) is 0. The molecule has 0 fully saturated rings. The molecule has 0 saturated heterocycles. The van der Waals surface area contributed by atoms with Crippen LogP contribution in [0.15, 0.2) is 109 Å². The van der Waals surface area contributed by atoms with E-state index in [0.29, 0.717) is 24.1 Å². The Morgan fingerprint density at radius 3 is 1.26 bits per heavy atom. The topological polar surface area (TPSA) is 94.1 Å². The number of allylic oxidation sites excluding steroid dienone is 18. The maximum absolute atomic E-state index is 12.8. The van der Waals surface area contributed by atoms with Crippen LogP contribution in [0.4, 0.5) is 0 Å². The average Bonchev–Trinajstić information content (AvgIpc) is 3.31. The number of likely N-dealkylation sites (N-methyl/N-ethyl adjacent to an activating group) is 1. The number of unbranched alkanes of at least 4 members (excludes halogenated alkanes) is 18. The normalized spacial score (nSPS) is 14.3. The summed E-state index contributed by atoms with van der Waals surface area (Å²) in [5.41, 5.74) is 0.